The molecule has 0 radical (unpaired) electrons. The lowest BCUT2D eigenvalue weighted by Crippen LogP contribution is -2.48. The largest absolute Gasteiger partial charge is 0.350 e. The number of hydrogen-bond acceptors (Lipinski definition) is 4. The minimum Gasteiger partial charge on any atom is -0.350 e. The molecule has 3 rings (SSSR count). The second-order valence-corrected chi connectivity index (χ2v) is 5.37. The van der Waals surface area contributed by atoms with Crippen LogP contribution in [0.2, 0.25) is 0 Å². The number of aryl methyl sites for hydroxylation is 2. The van der Waals surface area contributed by atoms with E-state index in [1.54, 1.807) is 17.7 Å². The van der Waals surface area contributed by atoms with E-state index in [1.807, 2.05) is 4.90 Å². The fourth-order valence-electron chi connectivity index (χ4n) is 2.00. The molecule has 5 heteroatoms. The summed E-state index contributed by atoms with van der Waals surface area (Å²) in [7, 11) is 0. The third-order valence-electron chi connectivity index (χ3n) is 3.08. The summed E-state index contributed by atoms with van der Waals surface area (Å²) < 4.78 is 12.9. The number of anilines is 1. The molecule has 2 aromatic heterocycles. The first-order chi connectivity index (χ1) is 7.66. The number of alkyl halides is 1. The molecule has 1 aliphatic heterocycles. The molecule has 16 heavy (non-hydrogen) atoms. The Labute approximate surface area is 96.9 Å². The minimum absolute atomic E-state index is 0.459. The van der Waals surface area contributed by atoms with Crippen molar-refractivity contribution >= 4 is 27.4 Å². The van der Waals surface area contributed by atoms with E-state index in [-0.39, 0.29) is 0 Å². The van der Waals surface area contributed by atoms with Gasteiger partial charge in [0.25, 0.3) is 0 Å². The first-order valence-corrected chi connectivity index (χ1v) is 6.08. The SMILES string of the molecule is Cc1sc2ncnc(N3CC(F)C3)c2c1C. The van der Waals surface area contributed by atoms with Crippen molar-refractivity contribution in [2.75, 3.05) is 18.0 Å². The molecule has 3 nitrogen and oxygen atoms in total. The third-order valence-corrected chi connectivity index (χ3v) is 4.20. The number of fused-ring (bicyclic) bond motifs is 1. The van der Waals surface area contributed by atoms with Gasteiger partial charge in [0.05, 0.1) is 18.5 Å². The molecule has 1 saturated heterocycles. The molecule has 0 bridgehead atoms. The highest BCUT2D eigenvalue weighted by atomic mass is 32.1. The maximum absolute atomic E-state index is 12.9. The summed E-state index contributed by atoms with van der Waals surface area (Å²) in [6, 6.07) is 0. The topological polar surface area (TPSA) is 29.0 Å². The first kappa shape index (κ1) is 9.96. The van der Waals surface area contributed by atoms with Crippen LogP contribution in [0, 0.1) is 13.8 Å². The molecule has 3 heterocycles. The summed E-state index contributed by atoms with van der Waals surface area (Å²) in [5.74, 6) is 0.890. The lowest BCUT2D eigenvalue weighted by atomic mass is 10.1. The summed E-state index contributed by atoms with van der Waals surface area (Å²) in [5, 5.41) is 1.09. The smallest absolute Gasteiger partial charge is 0.141 e. The van der Waals surface area contributed by atoms with Crippen molar-refractivity contribution < 1.29 is 4.39 Å². The van der Waals surface area contributed by atoms with E-state index < -0.39 is 6.17 Å². The number of nitrogens with zero attached hydrogens (tertiary/aromatic N) is 3. The molecule has 0 aromatic carbocycles. The van der Waals surface area contributed by atoms with Gasteiger partial charge in [-0.25, -0.2) is 14.4 Å². The predicted molar refractivity (Wildman–Crippen MR) is 64.0 cm³/mol. The first-order valence-electron chi connectivity index (χ1n) is 5.26. The van der Waals surface area contributed by atoms with Gasteiger partial charge in [0.15, 0.2) is 0 Å². The Morgan fingerprint density at radius 1 is 1.38 bits per heavy atom. The van der Waals surface area contributed by atoms with Crippen LogP contribution in [0.25, 0.3) is 10.2 Å². The van der Waals surface area contributed by atoms with Gasteiger partial charge in [-0.1, -0.05) is 0 Å². The van der Waals surface area contributed by atoms with Gasteiger partial charge < -0.3 is 4.90 Å². The van der Waals surface area contributed by atoms with Crippen molar-refractivity contribution in [3.05, 3.63) is 16.8 Å². The van der Waals surface area contributed by atoms with Crippen molar-refractivity contribution in [1.29, 1.82) is 0 Å². The van der Waals surface area contributed by atoms with E-state index >= 15 is 0 Å². The molecule has 1 aliphatic rings. The Kier molecular flexibility index (Phi) is 2.10. The Hall–Kier alpha value is -1.23. The Morgan fingerprint density at radius 2 is 2.12 bits per heavy atom. The van der Waals surface area contributed by atoms with Crippen LogP contribution in [-0.4, -0.2) is 29.2 Å². The summed E-state index contributed by atoms with van der Waals surface area (Å²) in [5.41, 5.74) is 1.22. The normalized spacial score (nSPS) is 16.8. The lowest BCUT2D eigenvalue weighted by Gasteiger charge is -2.35. The highest BCUT2D eigenvalue weighted by Gasteiger charge is 2.29. The molecule has 0 aliphatic carbocycles. The number of rotatable bonds is 1. The summed E-state index contributed by atoms with van der Waals surface area (Å²) in [6.45, 7) is 5.08. The Morgan fingerprint density at radius 3 is 2.81 bits per heavy atom. The fraction of sp³-hybridized carbons (Fsp3) is 0.455. The molecule has 0 amide bonds. The zero-order valence-corrected chi connectivity index (χ0v) is 10.0. The molecule has 84 valence electrons. The average molecular weight is 237 g/mol. The minimum atomic E-state index is -0.704. The quantitative estimate of drug-likeness (QED) is 0.763. The monoisotopic (exact) mass is 237 g/mol. The van der Waals surface area contributed by atoms with E-state index in [0.717, 1.165) is 16.0 Å². The molecular weight excluding hydrogens is 225 g/mol. The maximum Gasteiger partial charge on any atom is 0.141 e. The van der Waals surface area contributed by atoms with Crippen LogP contribution in [0.4, 0.5) is 10.2 Å². The second kappa shape index (κ2) is 3.38. The van der Waals surface area contributed by atoms with Gasteiger partial charge in [-0.05, 0) is 19.4 Å². The number of aromatic nitrogens is 2. The van der Waals surface area contributed by atoms with Crippen molar-refractivity contribution in [3.8, 4) is 0 Å². The number of hydrogen-bond donors (Lipinski definition) is 0. The van der Waals surface area contributed by atoms with Crippen LogP contribution in [-0.2, 0) is 0 Å². The number of halogens is 1. The van der Waals surface area contributed by atoms with Crippen molar-refractivity contribution in [2.45, 2.75) is 20.0 Å². The molecule has 0 saturated carbocycles. The van der Waals surface area contributed by atoms with Crippen molar-refractivity contribution in [3.63, 3.8) is 0 Å². The maximum atomic E-state index is 12.9. The van der Waals surface area contributed by atoms with Crippen molar-refractivity contribution in [1.82, 2.24) is 9.97 Å². The standard InChI is InChI=1S/C11H12FN3S/c1-6-7(2)16-11-9(6)10(13-5-14-11)15-3-8(12)4-15/h5,8H,3-4H2,1-2H3. The summed E-state index contributed by atoms with van der Waals surface area (Å²) in [6.07, 6.45) is 0.864. The van der Waals surface area contributed by atoms with Crippen LogP contribution in [0.5, 0.6) is 0 Å². The number of thiophene rings is 1. The van der Waals surface area contributed by atoms with Gasteiger partial charge in [-0.2, -0.15) is 0 Å². The molecular formula is C11H12FN3S. The molecule has 2 aromatic rings. The van der Waals surface area contributed by atoms with Gasteiger partial charge in [0.1, 0.15) is 23.1 Å². The Balaban J connectivity index is 2.17. The third kappa shape index (κ3) is 1.31. The molecule has 0 spiro atoms. The molecule has 0 N–H and O–H groups in total. The average Bonchev–Trinajstić information content (AvgIpc) is 2.51. The fourth-order valence-corrected chi connectivity index (χ4v) is 2.99. The van der Waals surface area contributed by atoms with Crippen molar-refractivity contribution in [2.24, 2.45) is 0 Å². The van der Waals surface area contributed by atoms with E-state index in [9.17, 15) is 4.39 Å². The highest BCUT2D eigenvalue weighted by Crippen LogP contribution is 2.35. The van der Waals surface area contributed by atoms with Crippen LogP contribution in [0.15, 0.2) is 6.33 Å². The van der Waals surface area contributed by atoms with Gasteiger partial charge in [0.2, 0.25) is 0 Å². The van der Waals surface area contributed by atoms with E-state index in [0.29, 0.717) is 13.1 Å². The van der Waals surface area contributed by atoms with Gasteiger partial charge in [-0.3, -0.25) is 0 Å². The Bertz CT molecular complexity index is 545. The van der Waals surface area contributed by atoms with Crippen LogP contribution < -0.4 is 4.90 Å². The lowest BCUT2D eigenvalue weighted by molar-refractivity contribution is 0.274. The van der Waals surface area contributed by atoms with Gasteiger partial charge in [0, 0.05) is 4.88 Å². The van der Waals surface area contributed by atoms with E-state index in [4.69, 9.17) is 0 Å². The summed E-state index contributed by atoms with van der Waals surface area (Å²) >= 11 is 1.67. The summed E-state index contributed by atoms with van der Waals surface area (Å²) in [4.78, 5) is 12.8. The van der Waals surface area contributed by atoms with Crippen LogP contribution >= 0.6 is 11.3 Å². The molecule has 0 atom stereocenters. The van der Waals surface area contributed by atoms with Gasteiger partial charge >= 0.3 is 0 Å². The zero-order valence-electron chi connectivity index (χ0n) is 9.20. The van der Waals surface area contributed by atoms with E-state index in [1.165, 1.54) is 10.4 Å². The predicted octanol–water partition coefficient (Wildman–Crippen LogP) is 2.47. The van der Waals surface area contributed by atoms with Crippen LogP contribution in [0.1, 0.15) is 10.4 Å². The zero-order chi connectivity index (χ0) is 11.3. The van der Waals surface area contributed by atoms with Crippen LogP contribution in [0.3, 0.4) is 0 Å². The van der Waals surface area contributed by atoms with E-state index in [2.05, 4.69) is 23.8 Å². The second-order valence-electron chi connectivity index (χ2n) is 4.16. The highest BCUT2D eigenvalue weighted by molar-refractivity contribution is 7.18. The molecule has 1 fully saturated rings. The molecule has 0 unspecified atom stereocenters. The van der Waals surface area contributed by atoms with Gasteiger partial charge in [-0.15, -0.1) is 11.3 Å².